The van der Waals surface area contributed by atoms with Gasteiger partial charge in [-0.3, -0.25) is 0 Å². The van der Waals surface area contributed by atoms with Crippen LogP contribution in [0.25, 0.3) is 16.9 Å². The van der Waals surface area contributed by atoms with E-state index in [4.69, 9.17) is 14.2 Å². The Morgan fingerprint density at radius 1 is 1.19 bits per heavy atom. The molecule has 0 amide bonds. The first kappa shape index (κ1) is 16.7. The number of para-hydroxylation sites is 2. The van der Waals surface area contributed by atoms with Crippen molar-refractivity contribution in [3.63, 3.8) is 0 Å². The summed E-state index contributed by atoms with van der Waals surface area (Å²) in [5, 5.41) is 0. The quantitative estimate of drug-likeness (QED) is 0.680. The fourth-order valence-corrected chi connectivity index (χ4v) is 2.95. The second-order valence-electron chi connectivity index (χ2n) is 6.01. The summed E-state index contributed by atoms with van der Waals surface area (Å²) in [5.74, 6) is 0.821. The Labute approximate surface area is 149 Å². The van der Waals surface area contributed by atoms with Gasteiger partial charge < -0.3 is 19.2 Å². The monoisotopic (exact) mass is 356 g/mol. The number of aromatic amines is 1. The van der Waals surface area contributed by atoms with Crippen LogP contribution < -0.4 is 10.4 Å². The lowest BCUT2D eigenvalue weighted by Gasteiger charge is -2.22. The van der Waals surface area contributed by atoms with Crippen LogP contribution in [0.5, 0.6) is 5.88 Å². The average Bonchev–Trinajstić information content (AvgIpc) is 3.02. The first-order valence-electron chi connectivity index (χ1n) is 8.69. The van der Waals surface area contributed by atoms with Crippen LogP contribution in [0.4, 0.5) is 0 Å². The maximum absolute atomic E-state index is 12.2. The van der Waals surface area contributed by atoms with Crippen LogP contribution in [0.15, 0.2) is 41.5 Å². The minimum Gasteiger partial charge on any atom is -0.474 e. The minimum atomic E-state index is -0.255. The van der Waals surface area contributed by atoms with Gasteiger partial charge in [0, 0.05) is 6.61 Å². The van der Waals surface area contributed by atoms with Crippen LogP contribution in [-0.2, 0) is 9.47 Å². The third-order valence-corrected chi connectivity index (χ3v) is 4.21. The van der Waals surface area contributed by atoms with Crippen molar-refractivity contribution in [3.8, 4) is 11.7 Å². The molecule has 8 heteroatoms. The van der Waals surface area contributed by atoms with Gasteiger partial charge in [-0.25, -0.2) is 19.3 Å². The van der Waals surface area contributed by atoms with Crippen molar-refractivity contribution >= 4 is 11.0 Å². The lowest BCUT2D eigenvalue weighted by molar-refractivity contribution is -0.165. The third-order valence-electron chi connectivity index (χ3n) is 4.21. The largest absolute Gasteiger partial charge is 0.474 e. The lowest BCUT2D eigenvalue weighted by Crippen LogP contribution is -2.24. The number of hydrogen-bond donors (Lipinski definition) is 1. The summed E-state index contributed by atoms with van der Waals surface area (Å²) in [6.45, 7) is 1.54. The standard InChI is InChI=1S/C18H20N4O4/c23-18-21-13-5-1-2-6-14(13)22(18)15-11-20-16(12-19-15)24-9-10-26-17-7-3-4-8-25-17/h1-2,5-6,11-12,17H,3-4,7-10H2,(H,21,23). The fourth-order valence-electron chi connectivity index (χ4n) is 2.95. The van der Waals surface area contributed by atoms with E-state index in [-0.39, 0.29) is 12.0 Å². The topological polar surface area (TPSA) is 91.3 Å². The van der Waals surface area contributed by atoms with E-state index < -0.39 is 0 Å². The molecular weight excluding hydrogens is 336 g/mol. The van der Waals surface area contributed by atoms with Crippen molar-refractivity contribution < 1.29 is 14.2 Å². The van der Waals surface area contributed by atoms with Crippen LogP contribution in [0, 0.1) is 0 Å². The molecule has 0 spiro atoms. The molecule has 1 unspecified atom stereocenters. The number of nitrogens with one attached hydrogen (secondary N) is 1. The van der Waals surface area contributed by atoms with Crippen molar-refractivity contribution in [2.45, 2.75) is 25.6 Å². The highest BCUT2D eigenvalue weighted by atomic mass is 16.7. The summed E-state index contributed by atoms with van der Waals surface area (Å²) in [5.41, 5.74) is 1.25. The molecule has 0 bridgehead atoms. The molecule has 3 heterocycles. The highest BCUT2D eigenvalue weighted by molar-refractivity contribution is 5.76. The first-order chi connectivity index (χ1) is 12.8. The zero-order valence-corrected chi connectivity index (χ0v) is 14.3. The molecule has 0 aliphatic carbocycles. The Morgan fingerprint density at radius 2 is 2.12 bits per heavy atom. The van der Waals surface area contributed by atoms with Gasteiger partial charge in [0.1, 0.15) is 6.61 Å². The second-order valence-corrected chi connectivity index (χ2v) is 6.01. The lowest BCUT2D eigenvalue weighted by atomic mass is 10.2. The van der Waals surface area contributed by atoms with E-state index in [0.717, 1.165) is 36.9 Å². The molecule has 2 aromatic heterocycles. The molecule has 1 saturated heterocycles. The molecule has 4 rings (SSSR count). The van der Waals surface area contributed by atoms with E-state index in [0.29, 0.717) is 24.9 Å². The summed E-state index contributed by atoms with van der Waals surface area (Å²) in [6.07, 6.45) is 6.04. The number of imidazole rings is 1. The summed E-state index contributed by atoms with van der Waals surface area (Å²) in [7, 11) is 0. The summed E-state index contributed by atoms with van der Waals surface area (Å²) < 4.78 is 18.1. The van der Waals surface area contributed by atoms with Crippen LogP contribution in [0.1, 0.15) is 19.3 Å². The number of aromatic nitrogens is 4. The third kappa shape index (κ3) is 3.61. The van der Waals surface area contributed by atoms with Gasteiger partial charge in [-0.2, -0.15) is 0 Å². The molecule has 0 saturated carbocycles. The number of benzene rings is 1. The van der Waals surface area contributed by atoms with E-state index in [1.807, 2.05) is 24.3 Å². The Hall–Kier alpha value is -2.71. The normalized spacial score (nSPS) is 17.5. The average molecular weight is 356 g/mol. The number of rotatable bonds is 6. The molecule has 26 heavy (non-hydrogen) atoms. The minimum absolute atomic E-state index is 0.130. The Balaban J connectivity index is 1.37. The Kier molecular flexibility index (Phi) is 4.94. The van der Waals surface area contributed by atoms with Crippen molar-refractivity contribution in [1.29, 1.82) is 0 Å². The van der Waals surface area contributed by atoms with Crippen molar-refractivity contribution in [3.05, 3.63) is 47.1 Å². The number of fused-ring (bicyclic) bond motifs is 1. The highest BCUT2D eigenvalue weighted by Gasteiger charge is 2.14. The van der Waals surface area contributed by atoms with Gasteiger partial charge in [0.05, 0.1) is 30.0 Å². The van der Waals surface area contributed by atoms with Crippen LogP contribution in [-0.4, -0.2) is 45.6 Å². The maximum Gasteiger partial charge on any atom is 0.332 e. The molecule has 1 aromatic carbocycles. The second kappa shape index (κ2) is 7.67. The van der Waals surface area contributed by atoms with Crippen molar-refractivity contribution in [2.24, 2.45) is 0 Å². The fraction of sp³-hybridized carbons (Fsp3) is 0.389. The molecule has 8 nitrogen and oxygen atoms in total. The number of H-pyrrole nitrogens is 1. The molecule has 1 N–H and O–H groups in total. The van der Waals surface area contributed by atoms with Gasteiger partial charge in [0.15, 0.2) is 12.1 Å². The summed E-state index contributed by atoms with van der Waals surface area (Å²) in [6, 6.07) is 7.43. The number of nitrogens with zero attached hydrogens (tertiary/aromatic N) is 3. The smallest absolute Gasteiger partial charge is 0.332 e. The molecule has 3 aromatic rings. The molecule has 1 aliphatic rings. The molecule has 136 valence electrons. The molecular formula is C18H20N4O4. The number of ether oxygens (including phenoxy) is 3. The zero-order chi connectivity index (χ0) is 17.8. The van der Waals surface area contributed by atoms with Gasteiger partial charge in [-0.15, -0.1) is 0 Å². The number of hydrogen-bond acceptors (Lipinski definition) is 6. The molecule has 1 atom stereocenters. The van der Waals surface area contributed by atoms with Gasteiger partial charge >= 0.3 is 5.69 Å². The van der Waals surface area contributed by atoms with Crippen LogP contribution in [0.2, 0.25) is 0 Å². The SMILES string of the molecule is O=c1[nH]c2ccccc2n1-c1cnc(OCCOC2CCCCO2)cn1. The summed E-state index contributed by atoms with van der Waals surface area (Å²) in [4.78, 5) is 23.5. The van der Waals surface area contributed by atoms with Crippen molar-refractivity contribution in [2.75, 3.05) is 19.8 Å². The van der Waals surface area contributed by atoms with Gasteiger partial charge in [-0.1, -0.05) is 12.1 Å². The van der Waals surface area contributed by atoms with Crippen LogP contribution in [0.3, 0.4) is 0 Å². The van der Waals surface area contributed by atoms with Crippen LogP contribution >= 0.6 is 0 Å². The van der Waals surface area contributed by atoms with Gasteiger partial charge in [0.25, 0.3) is 0 Å². The maximum atomic E-state index is 12.2. The summed E-state index contributed by atoms with van der Waals surface area (Å²) >= 11 is 0. The molecule has 0 radical (unpaired) electrons. The van der Waals surface area contributed by atoms with E-state index >= 15 is 0 Å². The zero-order valence-electron chi connectivity index (χ0n) is 14.3. The predicted molar refractivity (Wildman–Crippen MR) is 94.5 cm³/mol. The first-order valence-corrected chi connectivity index (χ1v) is 8.69. The van der Waals surface area contributed by atoms with E-state index in [9.17, 15) is 4.79 Å². The van der Waals surface area contributed by atoms with E-state index in [2.05, 4.69) is 15.0 Å². The van der Waals surface area contributed by atoms with E-state index in [1.165, 1.54) is 17.0 Å². The van der Waals surface area contributed by atoms with Gasteiger partial charge in [0.2, 0.25) is 5.88 Å². The Bertz CT molecular complexity index is 913. The highest BCUT2D eigenvalue weighted by Crippen LogP contribution is 2.15. The molecule has 1 aliphatic heterocycles. The molecule has 1 fully saturated rings. The predicted octanol–water partition coefficient (Wildman–Crippen LogP) is 2.03. The van der Waals surface area contributed by atoms with Crippen molar-refractivity contribution in [1.82, 2.24) is 19.5 Å². The van der Waals surface area contributed by atoms with E-state index in [1.54, 1.807) is 0 Å². The Morgan fingerprint density at radius 3 is 2.92 bits per heavy atom. The van der Waals surface area contributed by atoms with Gasteiger partial charge in [-0.05, 0) is 31.4 Å².